The van der Waals surface area contributed by atoms with Crippen molar-refractivity contribution in [3.8, 4) is 0 Å². The highest BCUT2D eigenvalue weighted by Gasteiger charge is 2.32. The van der Waals surface area contributed by atoms with Crippen LogP contribution in [0, 0.1) is 5.82 Å². The first-order chi connectivity index (χ1) is 12.6. The molecule has 2 aromatic carbocycles. The van der Waals surface area contributed by atoms with E-state index in [0.29, 0.717) is 25.3 Å². The fourth-order valence-electron chi connectivity index (χ4n) is 3.22. The van der Waals surface area contributed by atoms with Gasteiger partial charge in [0.25, 0.3) is 0 Å². The summed E-state index contributed by atoms with van der Waals surface area (Å²) in [6.45, 7) is 2.55. The van der Waals surface area contributed by atoms with Gasteiger partial charge in [0.2, 0.25) is 0 Å². The summed E-state index contributed by atoms with van der Waals surface area (Å²) in [6, 6.07) is 12.7. The number of anilines is 1. The Morgan fingerprint density at radius 2 is 1.92 bits per heavy atom. The number of carbonyl (C=O) groups excluding carboxylic acids is 2. The van der Waals surface area contributed by atoms with Crippen LogP contribution in [0.25, 0.3) is 0 Å². The SMILES string of the molecule is CCOC(=O)CC1c2ccccc2CCN1C(=O)Nc1ccc(F)cc1. The Kier molecular flexibility index (Phi) is 5.51. The molecule has 0 fully saturated rings. The zero-order valence-corrected chi connectivity index (χ0v) is 14.6. The van der Waals surface area contributed by atoms with E-state index in [1.807, 2.05) is 24.3 Å². The Morgan fingerprint density at radius 3 is 2.65 bits per heavy atom. The Morgan fingerprint density at radius 1 is 1.19 bits per heavy atom. The van der Waals surface area contributed by atoms with Crippen molar-refractivity contribution < 1.29 is 18.7 Å². The van der Waals surface area contributed by atoms with Crippen molar-refractivity contribution in [3.63, 3.8) is 0 Å². The lowest BCUT2D eigenvalue weighted by Crippen LogP contribution is -2.43. The van der Waals surface area contributed by atoms with Crippen LogP contribution in [0.3, 0.4) is 0 Å². The van der Waals surface area contributed by atoms with Crippen molar-refractivity contribution in [2.45, 2.75) is 25.8 Å². The molecular weight excluding hydrogens is 335 g/mol. The Hall–Kier alpha value is -2.89. The van der Waals surface area contributed by atoms with Crippen LogP contribution < -0.4 is 5.32 Å². The van der Waals surface area contributed by atoms with Gasteiger partial charge in [-0.25, -0.2) is 9.18 Å². The molecule has 0 aliphatic carbocycles. The molecular formula is C20H21FN2O3. The number of ether oxygens (including phenoxy) is 1. The number of rotatable bonds is 4. The monoisotopic (exact) mass is 356 g/mol. The van der Waals surface area contributed by atoms with Gasteiger partial charge in [-0.1, -0.05) is 24.3 Å². The summed E-state index contributed by atoms with van der Waals surface area (Å²) in [7, 11) is 0. The molecule has 26 heavy (non-hydrogen) atoms. The van der Waals surface area contributed by atoms with Crippen LogP contribution in [0.15, 0.2) is 48.5 Å². The summed E-state index contributed by atoms with van der Waals surface area (Å²) in [5.74, 6) is -0.705. The number of halogens is 1. The Bertz CT molecular complexity index is 792. The van der Waals surface area contributed by atoms with Crippen molar-refractivity contribution in [1.82, 2.24) is 4.90 Å². The van der Waals surface area contributed by atoms with Crippen LogP contribution in [0.2, 0.25) is 0 Å². The fourth-order valence-corrected chi connectivity index (χ4v) is 3.22. The molecule has 2 amide bonds. The number of nitrogens with zero attached hydrogens (tertiary/aromatic N) is 1. The van der Waals surface area contributed by atoms with Crippen LogP contribution in [0.1, 0.15) is 30.5 Å². The topological polar surface area (TPSA) is 58.6 Å². The highest BCUT2D eigenvalue weighted by atomic mass is 19.1. The van der Waals surface area contributed by atoms with Crippen molar-refractivity contribution in [2.75, 3.05) is 18.5 Å². The first-order valence-corrected chi connectivity index (χ1v) is 8.65. The molecule has 1 N–H and O–H groups in total. The zero-order chi connectivity index (χ0) is 18.5. The first-order valence-electron chi connectivity index (χ1n) is 8.65. The van der Waals surface area contributed by atoms with Gasteiger partial charge in [-0.05, 0) is 48.7 Å². The molecule has 1 atom stereocenters. The highest BCUT2D eigenvalue weighted by Crippen LogP contribution is 2.33. The maximum absolute atomic E-state index is 13.0. The van der Waals surface area contributed by atoms with Gasteiger partial charge in [0.15, 0.2) is 0 Å². The van der Waals surface area contributed by atoms with E-state index in [-0.39, 0.29) is 30.3 Å². The van der Waals surface area contributed by atoms with Crippen molar-refractivity contribution in [1.29, 1.82) is 0 Å². The molecule has 0 saturated carbocycles. The number of nitrogens with one attached hydrogen (secondary N) is 1. The summed E-state index contributed by atoms with van der Waals surface area (Å²) in [5, 5.41) is 2.77. The van der Waals surface area contributed by atoms with Crippen molar-refractivity contribution in [2.24, 2.45) is 0 Å². The fraction of sp³-hybridized carbons (Fsp3) is 0.300. The molecule has 5 nitrogen and oxygen atoms in total. The number of carbonyl (C=O) groups is 2. The average molecular weight is 356 g/mol. The van der Waals surface area contributed by atoms with E-state index in [0.717, 1.165) is 11.1 Å². The molecule has 1 unspecified atom stereocenters. The predicted octanol–water partition coefficient (Wildman–Crippen LogP) is 3.91. The van der Waals surface area contributed by atoms with Crippen molar-refractivity contribution >= 4 is 17.7 Å². The highest BCUT2D eigenvalue weighted by molar-refractivity contribution is 5.90. The van der Waals surface area contributed by atoms with Gasteiger partial charge in [0, 0.05) is 12.2 Å². The van der Waals surface area contributed by atoms with Gasteiger partial charge >= 0.3 is 12.0 Å². The van der Waals surface area contributed by atoms with E-state index in [1.165, 1.54) is 24.3 Å². The maximum Gasteiger partial charge on any atom is 0.322 e. The minimum absolute atomic E-state index is 0.0989. The summed E-state index contributed by atoms with van der Waals surface area (Å²) in [5.41, 5.74) is 2.60. The van der Waals surface area contributed by atoms with E-state index >= 15 is 0 Å². The van der Waals surface area contributed by atoms with Crippen LogP contribution in [-0.4, -0.2) is 30.1 Å². The Balaban J connectivity index is 1.82. The average Bonchev–Trinajstić information content (AvgIpc) is 2.64. The van der Waals surface area contributed by atoms with Gasteiger partial charge in [0.05, 0.1) is 19.1 Å². The smallest absolute Gasteiger partial charge is 0.322 e. The number of urea groups is 1. The normalized spacial score (nSPS) is 15.9. The number of benzene rings is 2. The Labute approximate surface area is 151 Å². The van der Waals surface area contributed by atoms with E-state index in [1.54, 1.807) is 11.8 Å². The number of fused-ring (bicyclic) bond motifs is 1. The molecule has 1 aliphatic heterocycles. The molecule has 6 heteroatoms. The lowest BCUT2D eigenvalue weighted by molar-refractivity contribution is -0.144. The van der Waals surface area contributed by atoms with E-state index in [9.17, 15) is 14.0 Å². The number of hydrogen-bond donors (Lipinski definition) is 1. The van der Waals surface area contributed by atoms with Crippen LogP contribution in [0.4, 0.5) is 14.9 Å². The van der Waals surface area contributed by atoms with Crippen LogP contribution in [-0.2, 0) is 16.0 Å². The molecule has 0 bridgehead atoms. The lowest BCUT2D eigenvalue weighted by atomic mass is 9.91. The standard InChI is InChI=1S/C20H21FN2O3/c1-2-26-19(24)13-18-17-6-4-3-5-14(17)11-12-23(18)20(25)22-16-9-7-15(21)8-10-16/h3-10,18H,2,11-13H2,1H3,(H,22,25). The summed E-state index contributed by atoms with van der Waals surface area (Å²) in [6.07, 6.45) is 0.814. The quantitative estimate of drug-likeness (QED) is 0.845. The van der Waals surface area contributed by atoms with E-state index in [4.69, 9.17) is 4.74 Å². The molecule has 3 rings (SSSR count). The third-order valence-corrected chi connectivity index (χ3v) is 4.43. The molecule has 0 aromatic heterocycles. The van der Waals surface area contributed by atoms with Gasteiger partial charge in [-0.3, -0.25) is 4.79 Å². The number of esters is 1. The van der Waals surface area contributed by atoms with E-state index < -0.39 is 0 Å². The molecule has 0 saturated heterocycles. The van der Waals surface area contributed by atoms with Crippen LogP contribution >= 0.6 is 0 Å². The zero-order valence-electron chi connectivity index (χ0n) is 14.6. The number of amides is 2. The summed E-state index contributed by atoms with van der Waals surface area (Å²) < 4.78 is 18.1. The van der Waals surface area contributed by atoms with Gasteiger partial charge in [-0.15, -0.1) is 0 Å². The first kappa shape index (κ1) is 17.9. The minimum atomic E-state index is -0.389. The third kappa shape index (κ3) is 4.02. The second kappa shape index (κ2) is 7.99. The van der Waals surface area contributed by atoms with Crippen LogP contribution in [0.5, 0.6) is 0 Å². The van der Waals surface area contributed by atoms with E-state index in [2.05, 4.69) is 5.32 Å². The summed E-state index contributed by atoms with van der Waals surface area (Å²) >= 11 is 0. The lowest BCUT2D eigenvalue weighted by Gasteiger charge is -2.36. The number of hydrogen-bond acceptors (Lipinski definition) is 3. The molecule has 1 heterocycles. The van der Waals surface area contributed by atoms with Gasteiger partial charge in [0.1, 0.15) is 5.82 Å². The molecule has 136 valence electrons. The van der Waals surface area contributed by atoms with Gasteiger partial charge in [-0.2, -0.15) is 0 Å². The second-order valence-electron chi connectivity index (χ2n) is 6.10. The predicted molar refractivity (Wildman–Crippen MR) is 96.3 cm³/mol. The molecule has 0 spiro atoms. The third-order valence-electron chi connectivity index (χ3n) is 4.43. The molecule has 1 aliphatic rings. The molecule has 0 radical (unpaired) electrons. The maximum atomic E-state index is 13.0. The second-order valence-corrected chi connectivity index (χ2v) is 6.10. The van der Waals surface area contributed by atoms with Crippen molar-refractivity contribution in [3.05, 3.63) is 65.5 Å². The molecule has 2 aromatic rings. The largest absolute Gasteiger partial charge is 0.466 e. The summed E-state index contributed by atoms with van der Waals surface area (Å²) in [4.78, 5) is 26.5. The minimum Gasteiger partial charge on any atom is -0.466 e. The van der Waals surface area contributed by atoms with Gasteiger partial charge < -0.3 is 15.0 Å².